The van der Waals surface area contributed by atoms with Gasteiger partial charge < -0.3 is 4.90 Å². The molecular weight excluding hydrogens is 272 g/mol. The number of nitrogens with zero attached hydrogens (tertiary/aromatic N) is 2. The highest BCUT2D eigenvalue weighted by Gasteiger charge is 2.22. The van der Waals surface area contributed by atoms with Crippen molar-refractivity contribution in [2.75, 3.05) is 26.7 Å². The van der Waals surface area contributed by atoms with Crippen LogP contribution in [0, 0.1) is 18.8 Å². The summed E-state index contributed by atoms with van der Waals surface area (Å²) in [5, 5.41) is 0. The summed E-state index contributed by atoms with van der Waals surface area (Å²) >= 11 is 0. The monoisotopic (exact) mass is 302 g/mol. The molecule has 0 atom stereocenters. The topological polar surface area (TPSA) is 23.6 Å². The molecule has 0 unspecified atom stereocenters. The van der Waals surface area contributed by atoms with Crippen molar-refractivity contribution in [1.82, 2.24) is 9.80 Å². The molecule has 1 aromatic carbocycles. The molecule has 1 aromatic rings. The van der Waals surface area contributed by atoms with Crippen molar-refractivity contribution in [2.24, 2.45) is 11.8 Å². The molecule has 122 valence electrons. The fraction of sp³-hybridized carbons (Fsp3) is 0.632. The zero-order valence-electron chi connectivity index (χ0n) is 14.5. The van der Waals surface area contributed by atoms with E-state index < -0.39 is 0 Å². The number of hydrogen-bond acceptors (Lipinski definition) is 2. The van der Waals surface area contributed by atoms with Gasteiger partial charge in [0.05, 0.1) is 0 Å². The molecule has 0 aromatic heterocycles. The van der Waals surface area contributed by atoms with Gasteiger partial charge in [-0.25, -0.2) is 0 Å². The molecule has 3 heteroatoms. The van der Waals surface area contributed by atoms with Crippen molar-refractivity contribution in [3.8, 4) is 0 Å². The third-order valence-electron chi connectivity index (χ3n) is 4.60. The number of hydrogen-bond donors (Lipinski definition) is 0. The minimum Gasteiger partial charge on any atom is -0.345 e. The Morgan fingerprint density at radius 2 is 2.00 bits per heavy atom. The highest BCUT2D eigenvalue weighted by Crippen LogP contribution is 2.20. The molecule has 0 spiro atoms. The number of rotatable bonds is 5. The molecule has 0 saturated carbocycles. The first-order valence-corrected chi connectivity index (χ1v) is 8.48. The molecule has 0 bridgehead atoms. The Kier molecular flexibility index (Phi) is 6.01. The largest absolute Gasteiger partial charge is 0.345 e. The quantitative estimate of drug-likeness (QED) is 0.833. The average molecular weight is 302 g/mol. The van der Waals surface area contributed by atoms with Crippen molar-refractivity contribution < 1.29 is 4.79 Å². The molecule has 3 nitrogen and oxygen atoms in total. The minimum absolute atomic E-state index is 0.103. The smallest absolute Gasteiger partial charge is 0.224 e. The normalized spacial score (nSPS) is 17.0. The van der Waals surface area contributed by atoms with Gasteiger partial charge in [-0.15, -0.1) is 0 Å². The third-order valence-corrected chi connectivity index (χ3v) is 4.60. The first kappa shape index (κ1) is 17.0. The van der Waals surface area contributed by atoms with E-state index in [1.165, 1.54) is 24.0 Å². The van der Waals surface area contributed by atoms with Crippen molar-refractivity contribution in [1.29, 1.82) is 0 Å². The van der Waals surface area contributed by atoms with Gasteiger partial charge in [-0.2, -0.15) is 0 Å². The Hall–Kier alpha value is -1.35. The van der Waals surface area contributed by atoms with Gasteiger partial charge in [0.15, 0.2) is 0 Å². The standard InChI is InChI=1S/C19H30N2O/c1-15(2)19(22)20(4)13-17-8-10-21(11-9-17)14-18-7-5-6-16(3)12-18/h5-7,12,15,17H,8-11,13-14H2,1-4H3. The van der Waals surface area contributed by atoms with Crippen molar-refractivity contribution in [3.05, 3.63) is 35.4 Å². The maximum atomic E-state index is 12.0. The molecule has 2 rings (SSSR count). The lowest BCUT2D eigenvalue weighted by Gasteiger charge is -2.34. The van der Waals surface area contributed by atoms with Crippen LogP contribution in [0.3, 0.4) is 0 Å². The van der Waals surface area contributed by atoms with Crippen LogP contribution in [0.4, 0.5) is 0 Å². The second-order valence-corrected chi connectivity index (χ2v) is 7.08. The SMILES string of the molecule is Cc1cccc(CN2CCC(CN(C)C(=O)C(C)C)CC2)c1. The lowest BCUT2D eigenvalue weighted by molar-refractivity contribution is -0.133. The number of likely N-dealkylation sites (tertiary alicyclic amines) is 1. The van der Waals surface area contributed by atoms with Gasteiger partial charge in [0.1, 0.15) is 0 Å². The minimum atomic E-state index is 0.103. The van der Waals surface area contributed by atoms with Crippen LogP contribution in [0.15, 0.2) is 24.3 Å². The molecule has 1 fully saturated rings. The van der Waals surface area contributed by atoms with Crippen LogP contribution >= 0.6 is 0 Å². The van der Waals surface area contributed by atoms with E-state index in [9.17, 15) is 4.79 Å². The number of benzene rings is 1. The summed E-state index contributed by atoms with van der Waals surface area (Å²) in [4.78, 5) is 16.4. The van der Waals surface area contributed by atoms with Crippen LogP contribution in [-0.4, -0.2) is 42.4 Å². The molecule has 0 aliphatic carbocycles. The van der Waals surface area contributed by atoms with E-state index in [0.29, 0.717) is 5.92 Å². The molecule has 1 heterocycles. The second-order valence-electron chi connectivity index (χ2n) is 7.08. The van der Waals surface area contributed by atoms with Crippen LogP contribution in [-0.2, 0) is 11.3 Å². The van der Waals surface area contributed by atoms with Crippen LogP contribution in [0.2, 0.25) is 0 Å². The summed E-state index contributed by atoms with van der Waals surface area (Å²) in [6.07, 6.45) is 2.39. The van der Waals surface area contributed by atoms with E-state index in [1.54, 1.807) is 0 Å². The number of amides is 1. The summed E-state index contributed by atoms with van der Waals surface area (Å²) in [5.41, 5.74) is 2.74. The first-order valence-electron chi connectivity index (χ1n) is 8.48. The summed E-state index contributed by atoms with van der Waals surface area (Å²) in [6.45, 7) is 10.3. The van der Waals surface area contributed by atoms with Gasteiger partial charge in [0.25, 0.3) is 0 Å². The van der Waals surface area contributed by atoms with E-state index in [1.807, 2.05) is 25.8 Å². The predicted octanol–water partition coefficient (Wildman–Crippen LogP) is 3.32. The van der Waals surface area contributed by atoms with E-state index >= 15 is 0 Å². The van der Waals surface area contributed by atoms with Gasteiger partial charge in [-0.1, -0.05) is 43.7 Å². The van der Waals surface area contributed by atoms with Gasteiger partial charge in [-0.05, 0) is 44.3 Å². The fourth-order valence-electron chi connectivity index (χ4n) is 3.31. The molecule has 22 heavy (non-hydrogen) atoms. The second kappa shape index (κ2) is 7.77. The number of aryl methyl sites for hydroxylation is 1. The molecule has 0 N–H and O–H groups in total. The van der Waals surface area contributed by atoms with Gasteiger partial charge in [0, 0.05) is 26.1 Å². The average Bonchev–Trinajstić information content (AvgIpc) is 2.48. The van der Waals surface area contributed by atoms with Gasteiger partial charge >= 0.3 is 0 Å². The number of carbonyl (C=O) groups excluding carboxylic acids is 1. The van der Waals surface area contributed by atoms with E-state index in [0.717, 1.165) is 26.2 Å². The molecule has 1 amide bonds. The maximum Gasteiger partial charge on any atom is 0.224 e. The fourth-order valence-corrected chi connectivity index (χ4v) is 3.31. The number of piperidine rings is 1. The Labute approximate surface area is 135 Å². The highest BCUT2D eigenvalue weighted by molar-refractivity contribution is 5.77. The van der Waals surface area contributed by atoms with Gasteiger partial charge in [0.2, 0.25) is 5.91 Å². The van der Waals surface area contributed by atoms with E-state index in [4.69, 9.17) is 0 Å². The summed E-state index contributed by atoms with van der Waals surface area (Å²) < 4.78 is 0. The van der Waals surface area contributed by atoms with Crippen LogP contribution < -0.4 is 0 Å². The molecular formula is C19H30N2O. The zero-order chi connectivity index (χ0) is 16.1. The highest BCUT2D eigenvalue weighted by atomic mass is 16.2. The predicted molar refractivity (Wildman–Crippen MR) is 91.7 cm³/mol. The van der Waals surface area contributed by atoms with Crippen molar-refractivity contribution in [3.63, 3.8) is 0 Å². The Balaban J connectivity index is 1.77. The first-order chi connectivity index (χ1) is 10.5. The Morgan fingerprint density at radius 1 is 1.32 bits per heavy atom. The lowest BCUT2D eigenvalue weighted by atomic mass is 9.95. The van der Waals surface area contributed by atoms with E-state index in [-0.39, 0.29) is 11.8 Å². The molecule has 0 radical (unpaired) electrons. The number of carbonyl (C=O) groups is 1. The Morgan fingerprint density at radius 3 is 2.59 bits per heavy atom. The lowest BCUT2D eigenvalue weighted by Crippen LogP contribution is -2.40. The summed E-state index contributed by atoms with van der Waals surface area (Å²) in [6, 6.07) is 8.79. The molecule has 1 saturated heterocycles. The Bertz CT molecular complexity index is 490. The zero-order valence-corrected chi connectivity index (χ0v) is 14.5. The molecule has 1 aliphatic heterocycles. The van der Waals surface area contributed by atoms with Gasteiger partial charge in [-0.3, -0.25) is 9.69 Å². The van der Waals surface area contributed by atoms with Crippen LogP contribution in [0.5, 0.6) is 0 Å². The summed E-state index contributed by atoms with van der Waals surface area (Å²) in [7, 11) is 1.95. The van der Waals surface area contributed by atoms with E-state index in [2.05, 4.69) is 36.1 Å². The van der Waals surface area contributed by atoms with Crippen molar-refractivity contribution >= 4 is 5.91 Å². The van der Waals surface area contributed by atoms with Crippen LogP contribution in [0.1, 0.15) is 37.8 Å². The van der Waals surface area contributed by atoms with Crippen molar-refractivity contribution in [2.45, 2.75) is 40.2 Å². The molecule has 1 aliphatic rings. The third kappa shape index (κ3) is 4.84. The van der Waals surface area contributed by atoms with Crippen LogP contribution in [0.25, 0.3) is 0 Å². The maximum absolute atomic E-state index is 12.0. The summed E-state index contributed by atoms with van der Waals surface area (Å²) in [5.74, 6) is 1.02.